The topological polar surface area (TPSA) is 35.5 Å². The van der Waals surface area contributed by atoms with Gasteiger partial charge in [0.05, 0.1) is 6.10 Å². The van der Waals surface area contributed by atoms with Crippen molar-refractivity contribution in [2.75, 3.05) is 6.54 Å². The molecule has 0 aliphatic carbocycles. The summed E-state index contributed by atoms with van der Waals surface area (Å²) in [6.07, 6.45) is 3.06. The van der Waals surface area contributed by atoms with Crippen molar-refractivity contribution in [2.45, 2.75) is 53.1 Å². The number of hydrogen-bond donors (Lipinski definition) is 0. The zero-order valence-electron chi connectivity index (χ0n) is 11.0. The molecule has 0 spiro atoms. The molecule has 0 aromatic carbocycles. The Morgan fingerprint density at radius 3 is 2.62 bits per heavy atom. The first-order valence-electron chi connectivity index (χ1n) is 6.06. The normalized spacial score (nSPS) is 28.1. The molecule has 0 radical (unpaired) electrons. The van der Waals surface area contributed by atoms with E-state index < -0.39 is 0 Å². The van der Waals surface area contributed by atoms with Gasteiger partial charge in [0.2, 0.25) is 0 Å². The Morgan fingerprint density at radius 1 is 1.50 bits per heavy atom. The molecule has 3 heteroatoms. The van der Waals surface area contributed by atoms with Crippen molar-refractivity contribution in [3.63, 3.8) is 0 Å². The second kappa shape index (κ2) is 5.30. The quantitative estimate of drug-likeness (QED) is 0.691. The minimum Gasteiger partial charge on any atom is -0.762 e. The molecule has 1 aliphatic heterocycles. The highest BCUT2D eigenvalue weighted by Crippen LogP contribution is 2.36. The van der Waals surface area contributed by atoms with Crippen LogP contribution >= 0.6 is 0 Å². The molecule has 94 valence electrons. The molecule has 16 heavy (non-hydrogen) atoms. The number of rotatable bonds is 3. The molecule has 1 heterocycles. The molecule has 0 saturated carbocycles. The monoisotopic (exact) mass is 226 g/mol. The summed E-state index contributed by atoms with van der Waals surface area (Å²) in [7, 11) is 0. The lowest BCUT2D eigenvalue weighted by Gasteiger charge is -2.46. The minimum absolute atomic E-state index is 0.0167. The Balaban J connectivity index is 2.61. The Labute approximate surface area is 99.0 Å². The number of hydrogen-bond acceptors (Lipinski definition) is 3. The van der Waals surface area contributed by atoms with E-state index in [4.69, 9.17) is 4.84 Å². The van der Waals surface area contributed by atoms with Crippen molar-refractivity contribution in [3.05, 3.63) is 17.4 Å². The lowest BCUT2D eigenvalue weighted by Crippen LogP contribution is -2.45. The van der Waals surface area contributed by atoms with E-state index in [-0.39, 0.29) is 11.5 Å². The summed E-state index contributed by atoms with van der Waals surface area (Å²) in [6, 6.07) is 0. The summed E-state index contributed by atoms with van der Waals surface area (Å²) in [5.74, 6) is 0.474. The van der Waals surface area contributed by atoms with Crippen LogP contribution < -0.4 is 0 Å². The SMILES string of the molecule is C=C(C)CCC1CCN([O-])OC1C(C)(C)C. The predicted molar refractivity (Wildman–Crippen MR) is 66.6 cm³/mol. The van der Waals surface area contributed by atoms with Gasteiger partial charge in [-0.05, 0) is 37.5 Å². The van der Waals surface area contributed by atoms with Crippen LogP contribution in [-0.4, -0.2) is 17.9 Å². The molecular weight excluding hydrogens is 202 g/mol. The van der Waals surface area contributed by atoms with Gasteiger partial charge < -0.3 is 10.0 Å². The smallest absolute Gasteiger partial charge is 0.0857 e. The fourth-order valence-corrected chi connectivity index (χ4v) is 2.28. The van der Waals surface area contributed by atoms with Crippen LogP contribution in [0.2, 0.25) is 0 Å². The summed E-state index contributed by atoms with van der Waals surface area (Å²) < 4.78 is 0. The third-order valence-electron chi connectivity index (χ3n) is 3.14. The second-order valence-corrected chi connectivity index (χ2v) is 5.99. The van der Waals surface area contributed by atoms with Crippen molar-refractivity contribution in [1.29, 1.82) is 0 Å². The van der Waals surface area contributed by atoms with Crippen molar-refractivity contribution >= 4 is 0 Å². The summed E-state index contributed by atoms with van der Waals surface area (Å²) in [4.78, 5) is 5.44. The van der Waals surface area contributed by atoms with Crippen LogP contribution in [0, 0.1) is 16.5 Å². The van der Waals surface area contributed by atoms with Gasteiger partial charge in [-0.2, -0.15) is 0 Å². The summed E-state index contributed by atoms with van der Waals surface area (Å²) in [6.45, 7) is 12.9. The van der Waals surface area contributed by atoms with E-state index in [1.807, 2.05) is 0 Å². The van der Waals surface area contributed by atoms with Crippen molar-refractivity contribution in [1.82, 2.24) is 5.23 Å². The first-order chi connectivity index (χ1) is 7.30. The van der Waals surface area contributed by atoms with E-state index in [2.05, 4.69) is 34.3 Å². The fraction of sp³-hybridized carbons (Fsp3) is 0.846. The zero-order chi connectivity index (χ0) is 12.3. The number of hydroxylamine groups is 2. The van der Waals surface area contributed by atoms with Crippen LogP contribution in [0.5, 0.6) is 0 Å². The fourth-order valence-electron chi connectivity index (χ4n) is 2.28. The maximum atomic E-state index is 11.3. The molecule has 1 rings (SSSR count). The zero-order valence-corrected chi connectivity index (χ0v) is 11.0. The first-order valence-corrected chi connectivity index (χ1v) is 6.06. The van der Waals surface area contributed by atoms with Crippen LogP contribution in [0.1, 0.15) is 47.0 Å². The number of allylic oxidation sites excluding steroid dienone is 1. The highest BCUT2D eigenvalue weighted by molar-refractivity contribution is 4.91. The summed E-state index contributed by atoms with van der Waals surface area (Å²) >= 11 is 0. The Kier molecular flexibility index (Phi) is 4.53. The molecule has 0 amide bonds. The average Bonchev–Trinajstić information content (AvgIpc) is 2.14. The summed E-state index contributed by atoms with van der Waals surface area (Å²) in [5, 5.41) is 12.0. The highest BCUT2D eigenvalue weighted by atomic mass is 16.9. The third-order valence-corrected chi connectivity index (χ3v) is 3.14. The standard InChI is InChI=1S/C13H24NO2/c1-10(2)6-7-11-8-9-14(15)16-12(11)13(3,4)5/h11-12H,1,6-9H2,2-5H3/q-1. The van der Waals surface area contributed by atoms with Gasteiger partial charge in [-0.1, -0.05) is 26.3 Å². The molecule has 0 aromatic heterocycles. The van der Waals surface area contributed by atoms with Crippen LogP contribution in [0.25, 0.3) is 0 Å². The highest BCUT2D eigenvalue weighted by Gasteiger charge is 2.36. The molecule has 1 aliphatic rings. The van der Waals surface area contributed by atoms with Crippen molar-refractivity contribution in [3.8, 4) is 0 Å². The molecular formula is C13H24NO2-. The lowest BCUT2D eigenvalue weighted by atomic mass is 9.77. The maximum Gasteiger partial charge on any atom is 0.0857 e. The van der Waals surface area contributed by atoms with Crippen LogP contribution in [0.4, 0.5) is 0 Å². The molecule has 0 N–H and O–H groups in total. The van der Waals surface area contributed by atoms with Gasteiger partial charge in [-0.3, -0.25) is 5.23 Å². The van der Waals surface area contributed by atoms with Gasteiger partial charge in [0, 0.05) is 6.54 Å². The molecule has 0 bridgehead atoms. The first kappa shape index (κ1) is 13.7. The maximum absolute atomic E-state index is 11.3. The second-order valence-electron chi connectivity index (χ2n) is 5.99. The Hall–Kier alpha value is -0.380. The molecule has 2 unspecified atom stereocenters. The van der Waals surface area contributed by atoms with Gasteiger partial charge >= 0.3 is 0 Å². The largest absolute Gasteiger partial charge is 0.762 e. The molecule has 3 nitrogen and oxygen atoms in total. The number of nitrogens with zero attached hydrogens (tertiary/aromatic N) is 1. The van der Waals surface area contributed by atoms with Crippen LogP contribution in [-0.2, 0) is 4.84 Å². The van der Waals surface area contributed by atoms with Crippen LogP contribution in [0.15, 0.2) is 12.2 Å². The molecule has 1 saturated heterocycles. The van der Waals surface area contributed by atoms with E-state index in [1.165, 1.54) is 5.57 Å². The third kappa shape index (κ3) is 3.89. The van der Waals surface area contributed by atoms with Crippen LogP contribution in [0.3, 0.4) is 0 Å². The van der Waals surface area contributed by atoms with Gasteiger partial charge in [0.1, 0.15) is 0 Å². The van der Waals surface area contributed by atoms with E-state index in [9.17, 15) is 5.21 Å². The van der Waals surface area contributed by atoms with Gasteiger partial charge in [-0.15, -0.1) is 6.58 Å². The Bertz CT molecular complexity index is 245. The lowest BCUT2D eigenvalue weighted by molar-refractivity contribution is -0.241. The van der Waals surface area contributed by atoms with Gasteiger partial charge in [0.15, 0.2) is 0 Å². The average molecular weight is 226 g/mol. The van der Waals surface area contributed by atoms with Gasteiger partial charge in [-0.25, -0.2) is 0 Å². The molecule has 0 aromatic rings. The van der Waals surface area contributed by atoms with Gasteiger partial charge in [0.25, 0.3) is 0 Å². The Morgan fingerprint density at radius 2 is 2.12 bits per heavy atom. The van der Waals surface area contributed by atoms with E-state index in [0.29, 0.717) is 12.5 Å². The predicted octanol–water partition coefficient (Wildman–Crippen LogP) is 3.51. The summed E-state index contributed by atoms with van der Waals surface area (Å²) in [5.41, 5.74) is 1.22. The van der Waals surface area contributed by atoms with Crippen molar-refractivity contribution in [2.24, 2.45) is 11.3 Å². The van der Waals surface area contributed by atoms with Crippen molar-refractivity contribution < 1.29 is 4.84 Å². The minimum atomic E-state index is 0.0167. The molecule has 1 fully saturated rings. The van der Waals surface area contributed by atoms with E-state index >= 15 is 0 Å². The van der Waals surface area contributed by atoms with E-state index in [0.717, 1.165) is 24.5 Å². The van der Waals surface area contributed by atoms with E-state index in [1.54, 1.807) is 0 Å². The molecule has 2 atom stereocenters.